The summed E-state index contributed by atoms with van der Waals surface area (Å²) >= 11 is 0. The van der Waals surface area contributed by atoms with Gasteiger partial charge in [0.15, 0.2) is 6.10 Å². The Balaban J connectivity index is 2.49. The Hall–Kier alpha value is -1.89. The first-order chi connectivity index (χ1) is 9.61. The zero-order chi connectivity index (χ0) is 15.0. The molecule has 0 aromatic carbocycles. The number of allylic oxidation sites excluding steroid dienone is 5. The summed E-state index contributed by atoms with van der Waals surface area (Å²) in [7, 11) is 0. The summed E-state index contributed by atoms with van der Waals surface area (Å²) in [5.74, 6) is -3.28. The van der Waals surface area contributed by atoms with Crippen molar-refractivity contribution in [3.8, 4) is 0 Å². The Labute approximate surface area is 116 Å². The molecule has 0 amide bonds. The molecule has 6 nitrogen and oxygen atoms in total. The van der Waals surface area contributed by atoms with Gasteiger partial charge in [-0.05, 0) is 6.92 Å². The monoisotopic (exact) mass is 280 g/mol. The Bertz CT molecular complexity index is 460. The molecular weight excluding hydrogens is 264 g/mol. The van der Waals surface area contributed by atoms with E-state index in [2.05, 4.69) is 0 Å². The predicted molar refractivity (Wildman–Crippen MR) is 69.8 cm³/mol. The summed E-state index contributed by atoms with van der Waals surface area (Å²) in [6.45, 7) is 1.26. The number of aliphatic hydroxyl groups is 1. The fourth-order valence-corrected chi connectivity index (χ4v) is 1.40. The number of hydrogen-bond donors (Lipinski definition) is 1. The number of carbonyl (C=O) groups is 3. The number of aliphatic hydroxyl groups excluding tert-OH is 1. The van der Waals surface area contributed by atoms with Crippen LogP contribution in [0.2, 0.25) is 0 Å². The summed E-state index contributed by atoms with van der Waals surface area (Å²) in [6, 6.07) is 0. The number of carbonyl (C=O) groups excluding carboxylic acids is 3. The van der Waals surface area contributed by atoms with E-state index in [1.165, 1.54) is 0 Å². The lowest BCUT2D eigenvalue weighted by atomic mass is 10.0. The Morgan fingerprint density at radius 3 is 2.50 bits per heavy atom. The van der Waals surface area contributed by atoms with Gasteiger partial charge in [-0.1, -0.05) is 36.5 Å². The molecule has 1 fully saturated rings. The largest absolute Gasteiger partial charge is 0.393 e. The molecule has 0 spiro atoms. The first-order valence-corrected chi connectivity index (χ1v) is 6.06. The lowest BCUT2D eigenvalue weighted by Gasteiger charge is -2.24. The second-order valence-corrected chi connectivity index (χ2v) is 3.87. The summed E-state index contributed by atoms with van der Waals surface area (Å²) in [4.78, 5) is 34.0. The van der Waals surface area contributed by atoms with Gasteiger partial charge in [-0.3, -0.25) is 14.4 Å². The van der Waals surface area contributed by atoms with Crippen LogP contribution in [0.25, 0.3) is 0 Å². The SMILES string of the molecule is C/C=C/C=C/C=C/CO[C@@H]1O[C@H](CO)C(=O)C(=O)C1=O. The average Bonchev–Trinajstić information content (AvgIpc) is 2.46. The molecule has 1 rings (SSSR count). The maximum absolute atomic E-state index is 11.5. The molecule has 1 aliphatic rings. The molecule has 1 N–H and O–H groups in total. The molecule has 0 saturated carbocycles. The van der Waals surface area contributed by atoms with Crippen molar-refractivity contribution < 1.29 is 29.0 Å². The normalized spacial score (nSPS) is 24.6. The zero-order valence-electron chi connectivity index (χ0n) is 11.0. The van der Waals surface area contributed by atoms with Crippen molar-refractivity contribution in [2.75, 3.05) is 13.2 Å². The fraction of sp³-hybridized carbons (Fsp3) is 0.357. The third kappa shape index (κ3) is 4.34. The lowest BCUT2D eigenvalue weighted by Crippen LogP contribution is -2.51. The van der Waals surface area contributed by atoms with Gasteiger partial charge in [0.2, 0.25) is 12.1 Å². The van der Waals surface area contributed by atoms with Crippen molar-refractivity contribution in [3.63, 3.8) is 0 Å². The number of Topliss-reactive ketones (excluding diaryl/α,β-unsaturated/α-hetero) is 3. The molecule has 1 saturated heterocycles. The van der Waals surface area contributed by atoms with Crippen LogP contribution in [-0.4, -0.2) is 48.1 Å². The minimum absolute atomic E-state index is 0.0379. The van der Waals surface area contributed by atoms with Gasteiger partial charge < -0.3 is 14.6 Å². The second kappa shape index (κ2) is 8.31. The molecule has 0 aromatic heterocycles. The molecule has 20 heavy (non-hydrogen) atoms. The molecular formula is C14H16O6. The highest BCUT2D eigenvalue weighted by Crippen LogP contribution is 2.11. The highest BCUT2D eigenvalue weighted by molar-refractivity contribution is 6.66. The van der Waals surface area contributed by atoms with Crippen LogP contribution in [0.4, 0.5) is 0 Å². The third-order valence-electron chi connectivity index (χ3n) is 2.41. The Morgan fingerprint density at radius 2 is 1.85 bits per heavy atom. The van der Waals surface area contributed by atoms with E-state index in [4.69, 9.17) is 14.6 Å². The van der Waals surface area contributed by atoms with Crippen LogP contribution in [-0.2, 0) is 23.9 Å². The van der Waals surface area contributed by atoms with E-state index in [1.54, 1.807) is 18.2 Å². The highest BCUT2D eigenvalue weighted by atomic mass is 16.7. The minimum Gasteiger partial charge on any atom is -0.393 e. The van der Waals surface area contributed by atoms with Crippen LogP contribution in [0.3, 0.4) is 0 Å². The minimum atomic E-state index is -1.44. The van der Waals surface area contributed by atoms with Gasteiger partial charge in [-0.2, -0.15) is 0 Å². The van der Waals surface area contributed by atoms with Gasteiger partial charge >= 0.3 is 0 Å². The van der Waals surface area contributed by atoms with Gasteiger partial charge in [-0.15, -0.1) is 0 Å². The highest BCUT2D eigenvalue weighted by Gasteiger charge is 2.43. The molecule has 0 bridgehead atoms. The van der Waals surface area contributed by atoms with Crippen molar-refractivity contribution in [1.82, 2.24) is 0 Å². The lowest BCUT2D eigenvalue weighted by molar-refractivity contribution is -0.198. The van der Waals surface area contributed by atoms with Crippen LogP contribution in [0.5, 0.6) is 0 Å². The van der Waals surface area contributed by atoms with Crippen molar-refractivity contribution in [2.24, 2.45) is 0 Å². The first kappa shape index (κ1) is 16.2. The summed E-state index contributed by atoms with van der Waals surface area (Å²) in [5.41, 5.74) is 0. The van der Waals surface area contributed by atoms with E-state index in [-0.39, 0.29) is 6.61 Å². The summed E-state index contributed by atoms with van der Waals surface area (Å²) in [6.07, 6.45) is 7.82. The van der Waals surface area contributed by atoms with Crippen LogP contribution in [0.15, 0.2) is 36.5 Å². The van der Waals surface area contributed by atoms with Crippen LogP contribution in [0, 0.1) is 0 Å². The van der Waals surface area contributed by atoms with E-state index >= 15 is 0 Å². The van der Waals surface area contributed by atoms with Gasteiger partial charge in [0.1, 0.15) is 0 Å². The van der Waals surface area contributed by atoms with Gasteiger partial charge in [0.25, 0.3) is 11.6 Å². The molecule has 0 aromatic rings. The molecule has 2 atom stereocenters. The van der Waals surface area contributed by atoms with Gasteiger partial charge in [-0.25, -0.2) is 0 Å². The van der Waals surface area contributed by atoms with E-state index in [9.17, 15) is 14.4 Å². The zero-order valence-corrected chi connectivity index (χ0v) is 11.0. The second-order valence-electron chi connectivity index (χ2n) is 3.87. The number of ether oxygens (including phenoxy) is 2. The predicted octanol–water partition coefficient (Wildman–Crippen LogP) is 0.116. The van der Waals surface area contributed by atoms with Crippen molar-refractivity contribution in [3.05, 3.63) is 36.5 Å². The van der Waals surface area contributed by atoms with Crippen molar-refractivity contribution >= 4 is 17.3 Å². The fourth-order valence-electron chi connectivity index (χ4n) is 1.40. The average molecular weight is 280 g/mol. The molecule has 0 unspecified atom stereocenters. The third-order valence-corrected chi connectivity index (χ3v) is 2.41. The van der Waals surface area contributed by atoms with E-state index < -0.39 is 36.4 Å². The molecule has 1 heterocycles. The first-order valence-electron chi connectivity index (χ1n) is 6.06. The smallest absolute Gasteiger partial charge is 0.272 e. The molecule has 1 aliphatic heterocycles. The number of ketones is 3. The number of rotatable bonds is 6. The Kier molecular flexibility index (Phi) is 6.72. The quantitative estimate of drug-likeness (QED) is 0.549. The van der Waals surface area contributed by atoms with Crippen LogP contribution in [0.1, 0.15) is 6.92 Å². The Morgan fingerprint density at radius 1 is 1.15 bits per heavy atom. The maximum atomic E-state index is 11.5. The molecule has 108 valence electrons. The van der Waals surface area contributed by atoms with E-state index in [0.29, 0.717) is 0 Å². The number of hydrogen-bond acceptors (Lipinski definition) is 6. The van der Waals surface area contributed by atoms with Gasteiger partial charge in [0, 0.05) is 0 Å². The van der Waals surface area contributed by atoms with Crippen molar-refractivity contribution in [2.45, 2.75) is 19.3 Å². The van der Waals surface area contributed by atoms with Crippen LogP contribution < -0.4 is 0 Å². The standard InChI is InChI=1S/C14H16O6/c1-2-3-4-5-6-7-8-19-14-13(18)12(17)11(16)10(9-15)20-14/h2-7,10,14-15H,8-9H2,1H3/b3-2+,5-4+,7-6+/t10-,14-/m1/s1. The van der Waals surface area contributed by atoms with E-state index in [1.807, 2.05) is 25.2 Å². The van der Waals surface area contributed by atoms with Crippen LogP contribution >= 0.6 is 0 Å². The summed E-state index contributed by atoms with van der Waals surface area (Å²) in [5, 5.41) is 8.88. The topological polar surface area (TPSA) is 89.9 Å². The van der Waals surface area contributed by atoms with E-state index in [0.717, 1.165) is 0 Å². The molecule has 6 heteroatoms. The van der Waals surface area contributed by atoms with Crippen molar-refractivity contribution in [1.29, 1.82) is 0 Å². The molecule has 0 aliphatic carbocycles. The molecule has 0 radical (unpaired) electrons. The maximum Gasteiger partial charge on any atom is 0.272 e. The van der Waals surface area contributed by atoms with Gasteiger partial charge in [0.05, 0.1) is 13.2 Å². The summed E-state index contributed by atoms with van der Waals surface area (Å²) < 4.78 is 9.98.